The summed E-state index contributed by atoms with van der Waals surface area (Å²) < 4.78 is 5.26. The summed E-state index contributed by atoms with van der Waals surface area (Å²) in [5.41, 5.74) is 5.51. The molecule has 1 aromatic rings. The summed E-state index contributed by atoms with van der Waals surface area (Å²) in [6.45, 7) is 5.09. The lowest BCUT2D eigenvalue weighted by atomic mass is 9.92. The van der Waals surface area contributed by atoms with Crippen LogP contribution in [0.1, 0.15) is 25.3 Å². The molecule has 1 heterocycles. The molecule has 8 heteroatoms. The van der Waals surface area contributed by atoms with Gasteiger partial charge in [0.2, 0.25) is 0 Å². The topological polar surface area (TPSA) is 128 Å². The van der Waals surface area contributed by atoms with Crippen LogP contribution in [0.25, 0.3) is 0 Å². The minimum absolute atomic E-state index is 0.0596. The van der Waals surface area contributed by atoms with Crippen LogP contribution in [0.5, 0.6) is 0 Å². The first-order valence-electron chi connectivity index (χ1n) is 8.10. The number of Topliss-reactive ketones (excluding diaryl/α,β-unsaturated/α-hetero) is 1. The number of carbonyl (C=O) groups is 3. The number of anilines is 1. The van der Waals surface area contributed by atoms with E-state index in [0.717, 1.165) is 5.56 Å². The lowest BCUT2D eigenvalue weighted by Crippen LogP contribution is -2.55. The summed E-state index contributed by atoms with van der Waals surface area (Å²) in [7, 11) is 0. The molecule has 0 spiro atoms. The molecule has 8 nitrogen and oxygen atoms in total. The van der Waals surface area contributed by atoms with E-state index in [1.54, 1.807) is 24.3 Å². The van der Waals surface area contributed by atoms with Crippen LogP contribution in [0.4, 0.5) is 5.69 Å². The van der Waals surface area contributed by atoms with Crippen molar-refractivity contribution in [3.05, 3.63) is 42.5 Å². The molecule has 1 aliphatic rings. The van der Waals surface area contributed by atoms with Crippen LogP contribution >= 0.6 is 0 Å². The zero-order valence-electron chi connectivity index (χ0n) is 14.6. The average molecular weight is 358 g/mol. The highest BCUT2D eigenvalue weighted by atomic mass is 16.6. The van der Waals surface area contributed by atoms with Crippen LogP contribution in [-0.4, -0.2) is 42.1 Å². The third kappa shape index (κ3) is 3.80. The maximum absolute atomic E-state index is 12.6. The maximum Gasteiger partial charge on any atom is 0.334 e. The third-order valence-corrected chi connectivity index (χ3v) is 4.29. The number of carbonyl (C=O) groups excluding carboxylic acids is 3. The van der Waals surface area contributed by atoms with Crippen LogP contribution in [0.3, 0.4) is 0 Å². The van der Waals surface area contributed by atoms with Gasteiger partial charge in [0.25, 0.3) is 5.91 Å². The van der Waals surface area contributed by atoms with Crippen molar-refractivity contribution in [1.29, 1.82) is 0 Å². The Balaban J connectivity index is 2.10. The van der Waals surface area contributed by atoms with Gasteiger partial charge in [-0.1, -0.05) is 18.2 Å². The molecule has 0 saturated carbocycles. The number of nitrogens with two attached hydrogens (primary N) is 2. The maximum atomic E-state index is 12.6. The summed E-state index contributed by atoms with van der Waals surface area (Å²) in [6, 6.07) is 7.03. The van der Waals surface area contributed by atoms with Gasteiger partial charge in [0.1, 0.15) is 0 Å². The molecule has 0 bridgehead atoms. The van der Waals surface area contributed by atoms with Gasteiger partial charge >= 0.3 is 5.97 Å². The number of hydrogen-bond acceptors (Lipinski definition) is 7. The Morgan fingerprint density at radius 2 is 2.08 bits per heavy atom. The van der Waals surface area contributed by atoms with Gasteiger partial charge in [-0.15, -0.1) is 6.58 Å². The molecular formula is C18H22N4O4. The van der Waals surface area contributed by atoms with Crippen molar-refractivity contribution in [2.24, 2.45) is 16.7 Å². The van der Waals surface area contributed by atoms with Gasteiger partial charge in [-0.2, -0.15) is 5.10 Å². The van der Waals surface area contributed by atoms with Crippen molar-refractivity contribution in [1.82, 2.24) is 0 Å². The fourth-order valence-electron chi connectivity index (χ4n) is 2.68. The van der Waals surface area contributed by atoms with Crippen molar-refractivity contribution in [2.75, 3.05) is 11.4 Å². The Bertz CT molecular complexity index is 744. The Morgan fingerprint density at radius 1 is 1.42 bits per heavy atom. The number of hydrazone groups is 1. The Kier molecular flexibility index (Phi) is 5.89. The van der Waals surface area contributed by atoms with Crippen molar-refractivity contribution in [3.63, 3.8) is 0 Å². The number of ketones is 1. The van der Waals surface area contributed by atoms with E-state index >= 15 is 0 Å². The van der Waals surface area contributed by atoms with Gasteiger partial charge < -0.3 is 21.2 Å². The van der Waals surface area contributed by atoms with E-state index in [0.29, 0.717) is 18.7 Å². The smallest absolute Gasteiger partial charge is 0.334 e. The quantitative estimate of drug-likeness (QED) is 0.182. The summed E-state index contributed by atoms with van der Waals surface area (Å²) in [5.74, 6) is 3.29. The second kappa shape index (κ2) is 7.92. The molecule has 2 unspecified atom stereocenters. The molecule has 1 amide bonds. The Hall–Kier alpha value is -3.00. The first-order valence-corrected chi connectivity index (χ1v) is 8.10. The van der Waals surface area contributed by atoms with Crippen LogP contribution in [-0.2, 0) is 19.1 Å². The predicted molar refractivity (Wildman–Crippen MR) is 97.5 cm³/mol. The van der Waals surface area contributed by atoms with Crippen molar-refractivity contribution < 1.29 is 19.1 Å². The number of rotatable bonds is 7. The molecule has 0 aliphatic carbocycles. The molecular weight excluding hydrogens is 336 g/mol. The summed E-state index contributed by atoms with van der Waals surface area (Å²) in [5, 5.41) is 3.44. The van der Waals surface area contributed by atoms with Gasteiger partial charge in [0.15, 0.2) is 17.4 Å². The van der Waals surface area contributed by atoms with Crippen molar-refractivity contribution >= 4 is 29.6 Å². The van der Waals surface area contributed by atoms with Crippen LogP contribution in [0, 0.1) is 0 Å². The molecule has 1 saturated heterocycles. The monoisotopic (exact) mass is 358 g/mol. The number of nitrogens with zero attached hydrogens (tertiary/aromatic N) is 2. The highest BCUT2D eigenvalue weighted by Gasteiger charge is 2.44. The highest BCUT2D eigenvalue weighted by Crippen LogP contribution is 2.25. The van der Waals surface area contributed by atoms with E-state index in [2.05, 4.69) is 11.7 Å². The molecule has 4 N–H and O–H groups in total. The van der Waals surface area contributed by atoms with E-state index in [-0.39, 0.29) is 12.3 Å². The van der Waals surface area contributed by atoms with Gasteiger partial charge in [0.05, 0.1) is 6.21 Å². The molecule has 2 rings (SSSR count). The minimum atomic E-state index is -1.82. The molecule has 1 aliphatic heterocycles. The van der Waals surface area contributed by atoms with Crippen LogP contribution in [0.2, 0.25) is 0 Å². The molecule has 1 aromatic carbocycles. The number of esters is 1. The Labute approximate surface area is 151 Å². The van der Waals surface area contributed by atoms with E-state index in [4.69, 9.17) is 16.3 Å². The number of ether oxygens (including phenoxy) is 1. The molecule has 2 atom stereocenters. The standard InChI is InChI=1S/C18H22N4O4/c1-3-9-18(19,12(2)23)17(25)26-15-8-10-22(16(15)24)14-6-4-13(5-7-14)11-21-20/h3-7,11,15H,1,8-10,19-20H2,2H3. The lowest BCUT2D eigenvalue weighted by Gasteiger charge is -2.24. The van der Waals surface area contributed by atoms with E-state index in [1.807, 2.05) is 0 Å². The second-order valence-electron chi connectivity index (χ2n) is 6.06. The zero-order valence-corrected chi connectivity index (χ0v) is 14.6. The fourth-order valence-corrected chi connectivity index (χ4v) is 2.68. The molecule has 1 fully saturated rings. The largest absolute Gasteiger partial charge is 0.450 e. The van der Waals surface area contributed by atoms with Gasteiger partial charge in [-0.3, -0.25) is 9.59 Å². The number of benzene rings is 1. The minimum Gasteiger partial charge on any atom is -0.450 e. The summed E-state index contributed by atoms with van der Waals surface area (Å²) in [4.78, 5) is 38.2. The van der Waals surface area contributed by atoms with Crippen LogP contribution < -0.4 is 16.5 Å². The van der Waals surface area contributed by atoms with Crippen molar-refractivity contribution in [3.8, 4) is 0 Å². The molecule has 0 aromatic heterocycles. The van der Waals surface area contributed by atoms with Gasteiger partial charge in [0, 0.05) is 25.1 Å². The van der Waals surface area contributed by atoms with Crippen molar-refractivity contribution in [2.45, 2.75) is 31.4 Å². The summed E-state index contributed by atoms with van der Waals surface area (Å²) in [6.07, 6.45) is 2.15. The first kappa shape index (κ1) is 19.3. The van der Waals surface area contributed by atoms with E-state index in [1.165, 1.54) is 24.1 Å². The predicted octanol–water partition coefficient (Wildman–Crippen LogP) is 0.490. The fraction of sp³-hybridized carbons (Fsp3) is 0.333. The van der Waals surface area contributed by atoms with Gasteiger partial charge in [-0.05, 0) is 24.6 Å². The van der Waals surface area contributed by atoms with E-state index in [9.17, 15) is 14.4 Å². The Morgan fingerprint density at radius 3 is 2.62 bits per heavy atom. The molecule has 0 radical (unpaired) electrons. The average Bonchev–Trinajstić information content (AvgIpc) is 2.96. The normalized spacial score (nSPS) is 19.4. The number of amides is 1. The second-order valence-corrected chi connectivity index (χ2v) is 6.06. The van der Waals surface area contributed by atoms with Gasteiger partial charge in [-0.25, -0.2) is 4.79 Å². The van der Waals surface area contributed by atoms with Crippen LogP contribution in [0.15, 0.2) is 42.0 Å². The molecule has 26 heavy (non-hydrogen) atoms. The number of hydrogen-bond donors (Lipinski definition) is 2. The third-order valence-electron chi connectivity index (χ3n) is 4.29. The molecule has 138 valence electrons. The SMILES string of the molecule is C=CCC(N)(C(C)=O)C(=O)OC1CCN(c2ccc(C=NN)cc2)C1=O. The lowest BCUT2D eigenvalue weighted by molar-refractivity contribution is -0.161. The van der Waals surface area contributed by atoms with E-state index < -0.39 is 23.4 Å². The summed E-state index contributed by atoms with van der Waals surface area (Å²) >= 11 is 0. The highest BCUT2D eigenvalue weighted by molar-refractivity contribution is 6.08. The first-order chi connectivity index (χ1) is 12.3. The zero-order chi connectivity index (χ0) is 19.3.